The number of hydrogen-bond acceptors (Lipinski definition) is 19. The Kier molecular flexibility index (Phi) is 14.1. The van der Waals surface area contributed by atoms with Gasteiger partial charge in [0.2, 0.25) is 11.7 Å². The number of nitrogens with one attached hydrogen (secondary N) is 1. The molecule has 3 heterocycles. The summed E-state index contributed by atoms with van der Waals surface area (Å²) in [5, 5.41) is 78.7. The van der Waals surface area contributed by atoms with E-state index in [0.29, 0.717) is 29.2 Å². The van der Waals surface area contributed by atoms with Gasteiger partial charge in [-0.05, 0) is 63.2 Å². The molecule has 0 bridgehead atoms. The number of aliphatic hydroxyl groups excluding tert-OH is 4. The number of ketones is 2. The van der Waals surface area contributed by atoms with Crippen LogP contribution in [0.2, 0.25) is 0 Å². The lowest BCUT2D eigenvalue weighted by Crippen LogP contribution is -2.65. The molecule has 2 amide bonds. The summed E-state index contributed by atoms with van der Waals surface area (Å²) >= 11 is 0. The first-order chi connectivity index (χ1) is 31.1. The monoisotopic (exact) mass is 951 g/mol. The van der Waals surface area contributed by atoms with Crippen molar-refractivity contribution in [1.82, 2.24) is 29.7 Å². The van der Waals surface area contributed by atoms with Gasteiger partial charge in [0.15, 0.2) is 34.6 Å². The number of rotatable bonds is 10. The second kappa shape index (κ2) is 18.8. The Morgan fingerprint density at radius 3 is 2.31 bits per heavy atom. The summed E-state index contributed by atoms with van der Waals surface area (Å²) in [6, 6.07) is 8.57. The molecular weight excluding hydrogens is 898 g/mol. The number of carbonyl (C=O) groups excluding carboxylic acids is 4. The molecule has 0 spiro atoms. The third-order valence-corrected chi connectivity index (χ3v) is 12.9. The number of phenolic OH excluding ortho intramolecular Hbond substituents is 1. The third kappa shape index (κ3) is 8.32. The number of aliphatic hydroxyl groups is 6. The summed E-state index contributed by atoms with van der Waals surface area (Å²) in [5.74, 6) is -7.03. The van der Waals surface area contributed by atoms with Crippen LogP contribution in [0.3, 0.4) is 0 Å². The fourth-order valence-electron chi connectivity index (χ4n) is 9.55. The molecule has 23 heteroatoms. The highest BCUT2D eigenvalue weighted by molar-refractivity contribution is 6.25. The van der Waals surface area contributed by atoms with E-state index in [1.165, 1.54) is 56.8 Å². The van der Waals surface area contributed by atoms with Crippen LogP contribution in [-0.4, -0.2) is 161 Å². The summed E-state index contributed by atoms with van der Waals surface area (Å²) < 4.78 is 12.6. The first kappa shape index (κ1) is 50.2. The Labute approximate surface area is 389 Å². The van der Waals surface area contributed by atoms with Gasteiger partial charge in [-0.3, -0.25) is 28.6 Å². The Balaban J connectivity index is 0.000000218. The molecule has 1 fully saturated rings. The van der Waals surface area contributed by atoms with Crippen molar-refractivity contribution in [3.8, 4) is 11.5 Å². The summed E-state index contributed by atoms with van der Waals surface area (Å²) in [4.78, 5) is 67.3. The number of benzene rings is 2. The number of hydrogen-bond donors (Lipinski definition) is 10. The highest BCUT2D eigenvalue weighted by Gasteiger charge is 2.65. The van der Waals surface area contributed by atoms with Crippen LogP contribution in [0.1, 0.15) is 41.1 Å². The van der Waals surface area contributed by atoms with Gasteiger partial charge in [0.05, 0.1) is 49.3 Å². The van der Waals surface area contributed by atoms with Gasteiger partial charge in [-0.15, -0.1) is 12.4 Å². The number of nitrogens with zero attached hydrogens (tertiary/aromatic N) is 6. The molecule has 1 saturated heterocycles. The number of nitrogens with two attached hydrogens (primary N) is 2. The van der Waals surface area contributed by atoms with Crippen LogP contribution in [0.25, 0.3) is 11.2 Å². The number of fused-ring (bicyclic) bond motifs is 4. The predicted molar refractivity (Wildman–Crippen MR) is 240 cm³/mol. The number of ether oxygens (including phenoxy) is 2. The summed E-state index contributed by atoms with van der Waals surface area (Å²) in [5.41, 5.74) is 7.33. The van der Waals surface area contributed by atoms with E-state index in [-0.39, 0.29) is 30.0 Å². The van der Waals surface area contributed by atoms with Gasteiger partial charge in [0.1, 0.15) is 47.1 Å². The quantitative estimate of drug-likeness (QED) is 0.0889. The van der Waals surface area contributed by atoms with Crippen molar-refractivity contribution in [2.45, 2.75) is 67.5 Å². The highest BCUT2D eigenvalue weighted by Crippen LogP contribution is 2.56. The lowest BCUT2D eigenvalue weighted by molar-refractivity contribution is -0.152. The average Bonchev–Trinajstić information content (AvgIpc) is 3.83. The van der Waals surface area contributed by atoms with Crippen molar-refractivity contribution in [1.29, 1.82) is 0 Å². The molecule has 0 unspecified atom stereocenters. The van der Waals surface area contributed by atoms with Gasteiger partial charge in [-0.1, -0.05) is 24.3 Å². The molecule has 360 valence electrons. The zero-order valence-electron chi connectivity index (χ0n) is 37.3. The van der Waals surface area contributed by atoms with Gasteiger partial charge in [0.25, 0.3) is 5.91 Å². The molecule has 10 atom stereocenters. The fraction of sp³-hybridized carbons (Fsp3) is 0.432. The van der Waals surface area contributed by atoms with Crippen LogP contribution in [0, 0.1) is 11.8 Å². The van der Waals surface area contributed by atoms with Crippen LogP contribution >= 0.6 is 12.4 Å². The van der Waals surface area contributed by atoms with Crippen LogP contribution in [0.5, 0.6) is 11.5 Å². The molecule has 8 rings (SSSR count). The number of anilines is 1. The predicted octanol–water partition coefficient (Wildman–Crippen LogP) is -0.586. The van der Waals surface area contributed by atoms with Crippen LogP contribution in [-0.2, 0) is 31.1 Å². The number of halogens is 1. The minimum absolute atomic E-state index is 0. The molecule has 4 aromatic rings. The maximum Gasteiger partial charge on any atom is 0.255 e. The van der Waals surface area contributed by atoms with Crippen molar-refractivity contribution in [3.05, 3.63) is 94.5 Å². The summed E-state index contributed by atoms with van der Waals surface area (Å²) in [6.45, 7) is 0.997. The Bertz CT molecular complexity index is 2650. The number of Topliss-reactive ketones (excluding diaryl/α,β-unsaturated/α-hetero) is 2. The normalized spacial score (nSPS) is 28.1. The summed E-state index contributed by atoms with van der Waals surface area (Å²) in [7, 11) is 8.32. The van der Waals surface area contributed by atoms with E-state index >= 15 is 0 Å². The number of methoxy groups -OCH3 is 1. The number of aromatic nitrogens is 4. The van der Waals surface area contributed by atoms with E-state index < -0.39 is 118 Å². The van der Waals surface area contributed by atoms with Crippen molar-refractivity contribution >= 4 is 52.8 Å². The number of primary amides is 1. The largest absolute Gasteiger partial charge is 0.510 e. The maximum atomic E-state index is 13.3. The number of imidazole rings is 1. The molecule has 1 aliphatic heterocycles. The molecule has 2 aromatic heterocycles. The first-order valence-electron chi connectivity index (χ1n) is 20.8. The molecule has 2 aromatic carbocycles. The lowest BCUT2D eigenvalue weighted by Gasteiger charge is -2.52. The van der Waals surface area contributed by atoms with Crippen molar-refractivity contribution in [2.75, 3.05) is 46.8 Å². The molecule has 22 nitrogen and oxygen atoms in total. The second-order valence-corrected chi connectivity index (χ2v) is 17.3. The van der Waals surface area contributed by atoms with Crippen LogP contribution < -0.4 is 26.4 Å². The van der Waals surface area contributed by atoms with Crippen molar-refractivity contribution in [3.63, 3.8) is 0 Å². The first-order valence-corrected chi connectivity index (χ1v) is 20.8. The average molecular weight is 952 g/mol. The van der Waals surface area contributed by atoms with E-state index in [1.54, 1.807) is 28.7 Å². The van der Waals surface area contributed by atoms with E-state index in [9.17, 15) is 54.9 Å². The number of carbonyl (C=O) groups is 4. The minimum atomic E-state index is -2.75. The smallest absolute Gasteiger partial charge is 0.255 e. The van der Waals surface area contributed by atoms with Crippen molar-refractivity contribution < 1.29 is 64.4 Å². The van der Waals surface area contributed by atoms with Gasteiger partial charge in [-0.2, -0.15) is 0 Å². The molecule has 3 aliphatic carbocycles. The fourth-order valence-corrected chi connectivity index (χ4v) is 9.55. The minimum Gasteiger partial charge on any atom is -0.510 e. The van der Waals surface area contributed by atoms with Gasteiger partial charge in [0, 0.05) is 31.5 Å². The zero-order valence-corrected chi connectivity index (χ0v) is 38.1. The Hall–Kier alpha value is -6.24. The standard InChI is InChI=1S/C22H29N7O5.C22H24N2O8.ClH/c1-28(2)19-17-20(25-10-24-19)29(11-26-17)22-18(31)16(15(9-30)34-22)27-21(32)14(23)8-12-4-6-13(33-3)7-5-12;1-21(31)8-5-4-6-11(25)12(8)16(26)13-9(21)7-10-15(24(2)3)17(27)14(20(23)30)19(29)22(10,32)18(13)28;/h4-7,10-11,14-16,18,22,30-31H,8-9,23H2,1-3H3,(H,27,32);4-6,9-10,15,25,27-28,31-32H,7H2,1-3H3,(H2,23,30);1H/t14-,15+,16+,18+,22+;9-,10-,15-,21+,22-;/m00./s1. The highest BCUT2D eigenvalue weighted by atomic mass is 35.5. The molecular formula is C44H54ClN9O13. The number of phenols is 1. The Morgan fingerprint density at radius 1 is 1.04 bits per heavy atom. The maximum absolute atomic E-state index is 13.3. The number of likely N-dealkylation sites (N-methyl/N-ethyl adjacent to an activating group) is 1. The van der Waals surface area contributed by atoms with E-state index in [1.807, 2.05) is 26.2 Å². The summed E-state index contributed by atoms with van der Waals surface area (Å²) in [6.07, 6.45) is 0.0496. The SMILES string of the molecule is CN(C)[C@@H]1C(O)=C(C(N)=O)C(=O)[C@@]2(O)C(O)=C3C(=O)c4c(O)cccc4[C@@](C)(O)[C@H]3C[C@@H]12.COc1ccc(C[C@H](N)C(=O)N[C@H]2[C@@H](O)[C@H](n3cnc4c(N(C)C)ncnc43)O[C@@H]2CO)cc1.Cl. The zero-order chi connectivity index (χ0) is 48.3. The number of aromatic hydroxyl groups is 1. The molecule has 12 N–H and O–H groups in total. The lowest BCUT2D eigenvalue weighted by atomic mass is 9.55. The van der Waals surface area contributed by atoms with Crippen LogP contribution in [0.15, 0.2) is 77.8 Å². The van der Waals surface area contributed by atoms with Gasteiger partial charge < -0.3 is 66.9 Å². The van der Waals surface area contributed by atoms with Crippen LogP contribution in [0.4, 0.5) is 5.82 Å². The molecule has 67 heavy (non-hydrogen) atoms. The van der Waals surface area contributed by atoms with E-state index in [4.69, 9.17) is 20.9 Å². The van der Waals surface area contributed by atoms with Gasteiger partial charge >= 0.3 is 0 Å². The Morgan fingerprint density at radius 2 is 1.72 bits per heavy atom. The second-order valence-electron chi connectivity index (χ2n) is 17.3. The van der Waals surface area contributed by atoms with E-state index in [0.717, 1.165) is 5.56 Å². The third-order valence-electron chi connectivity index (χ3n) is 12.9. The topological polar surface area (TPSA) is 342 Å². The molecule has 0 radical (unpaired) electrons. The van der Waals surface area contributed by atoms with Gasteiger partial charge in [-0.25, -0.2) is 15.0 Å². The van der Waals surface area contributed by atoms with Crippen molar-refractivity contribution in [2.24, 2.45) is 23.3 Å². The number of amides is 2. The van der Waals surface area contributed by atoms with E-state index in [2.05, 4.69) is 20.3 Å². The molecule has 4 aliphatic rings. The molecule has 0 saturated carbocycles.